The summed E-state index contributed by atoms with van der Waals surface area (Å²) in [7, 11) is 0. The maximum atomic E-state index is 2.59. The number of nitrogens with zero attached hydrogens (tertiary/aromatic N) is 2. The Morgan fingerprint density at radius 2 is 0.514 bits per heavy atom. The molecule has 2 aliphatic carbocycles. The van der Waals surface area contributed by atoms with Gasteiger partial charge in [0.1, 0.15) is 0 Å². The molecular weight excluding hydrogens is 893 g/mol. The molecule has 0 amide bonds. The first-order valence-corrected chi connectivity index (χ1v) is 26.1. The van der Waals surface area contributed by atoms with E-state index in [1.165, 1.54) is 121 Å². The van der Waals surface area contributed by atoms with E-state index < -0.39 is 0 Å². The molecule has 13 aromatic carbocycles. The van der Waals surface area contributed by atoms with E-state index in [0.717, 1.165) is 22.7 Å². The average Bonchev–Trinajstić information content (AvgIpc) is 3.93. The quantitative estimate of drug-likeness (QED) is 0.164. The first kappa shape index (κ1) is 42.7. The molecule has 0 bridgehead atoms. The normalized spacial score (nSPS) is 13.9. The third kappa shape index (κ3) is 6.24. The number of hydrogen-bond donors (Lipinski definition) is 0. The highest BCUT2D eigenvalue weighted by atomic mass is 15.1. The lowest BCUT2D eigenvalue weighted by atomic mass is 9.78. The van der Waals surface area contributed by atoms with E-state index in [2.05, 4.69) is 280 Å². The summed E-state index contributed by atoms with van der Waals surface area (Å²) in [5.74, 6) is 0. The van der Waals surface area contributed by atoms with Crippen LogP contribution >= 0.6 is 0 Å². The monoisotopic (exact) mass is 944 g/mol. The fraction of sp³-hybridized carbons (Fsp3) is 0.0833. The van der Waals surface area contributed by atoms with Crippen molar-refractivity contribution in [3.8, 4) is 22.3 Å². The highest BCUT2D eigenvalue weighted by molar-refractivity contribution is 6.11. The van der Waals surface area contributed by atoms with E-state index in [-0.39, 0.29) is 10.8 Å². The van der Waals surface area contributed by atoms with Gasteiger partial charge < -0.3 is 9.80 Å². The van der Waals surface area contributed by atoms with Crippen molar-refractivity contribution in [2.24, 2.45) is 0 Å². The van der Waals surface area contributed by atoms with E-state index in [4.69, 9.17) is 0 Å². The lowest BCUT2D eigenvalue weighted by molar-refractivity contribution is 0.657. The third-order valence-electron chi connectivity index (χ3n) is 16.8. The zero-order valence-electron chi connectivity index (χ0n) is 42.0. The van der Waals surface area contributed by atoms with Crippen LogP contribution in [0.3, 0.4) is 0 Å². The maximum absolute atomic E-state index is 2.59. The second-order valence-corrected chi connectivity index (χ2v) is 21.7. The minimum absolute atomic E-state index is 0.288. The van der Waals surface area contributed by atoms with Crippen LogP contribution in [0.5, 0.6) is 0 Å². The topological polar surface area (TPSA) is 6.48 Å². The fourth-order valence-corrected chi connectivity index (χ4v) is 13.3. The van der Waals surface area contributed by atoms with Gasteiger partial charge >= 0.3 is 0 Å². The molecule has 0 radical (unpaired) electrons. The van der Waals surface area contributed by atoms with Crippen LogP contribution in [0.15, 0.2) is 243 Å². The Balaban J connectivity index is 0.963. The van der Waals surface area contributed by atoms with Crippen molar-refractivity contribution in [1.29, 1.82) is 0 Å². The number of benzene rings is 13. The van der Waals surface area contributed by atoms with Crippen LogP contribution in [-0.2, 0) is 10.8 Å². The summed E-state index contributed by atoms with van der Waals surface area (Å²) in [5, 5.41) is 14.9. The van der Waals surface area contributed by atoms with E-state index >= 15 is 0 Å². The number of fused-ring (bicyclic) bond motifs is 14. The second-order valence-electron chi connectivity index (χ2n) is 21.7. The molecule has 2 aliphatic rings. The molecular formula is C72H52N2. The zero-order chi connectivity index (χ0) is 49.5. The predicted molar refractivity (Wildman–Crippen MR) is 316 cm³/mol. The van der Waals surface area contributed by atoms with Crippen LogP contribution in [0.2, 0.25) is 0 Å². The molecule has 0 aromatic heterocycles. The Kier molecular flexibility index (Phi) is 9.09. The minimum atomic E-state index is -0.288. The minimum Gasteiger partial charge on any atom is -0.310 e. The second kappa shape index (κ2) is 15.8. The Morgan fingerprint density at radius 1 is 0.243 bits per heavy atom. The Morgan fingerprint density at radius 3 is 0.824 bits per heavy atom. The molecule has 2 nitrogen and oxygen atoms in total. The first-order chi connectivity index (χ1) is 36.2. The molecule has 13 aromatic rings. The number of rotatable bonds is 6. The molecule has 0 N–H and O–H groups in total. The summed E-state index contributed by atoms with van der Waals surface area (Å²) in [5.41, 5.74) is 17.1. The van der Waals surface area contributed by atoms with Crippen LogP contribution in [0.1, 0.15) is 49.9 Å². The standard InChI is InChI=1S/C72H52N2/c1-71(2)65-41-62-64-44-68(74(55-35-31-47-19-7-11-23-51(47)39-55)56-36-32-48-20-8-12-24-52(48)40-56)58-26-14-16-28-60(58)70(64)72(3,4)66(62)42-61(65)63-43-67(57-25-13-15-27-59(57)69(63)71)73(53-33-29-45-17-5-9-21-49(45)37-53)54-34-30-46-18-6-10-22-50(46)38-54/h5-44H,1-4H3. The van der Waals surface area contributed by atoms with Gasteiger partial charge in [-0.25, -0.2) is 0 Å². The molecule has 0 saturated heterocycles. The van der Waals surface area contributed by atoms with Gasteiger partial charge in [0.05, 0.1) is 11.4 Å². The third-order valence-corrected chi connectivity index (χ3v) is 16.8. The highest BCUT2D eigenvalue weighted by Gasteiger charge is 2.44. The largest absolute Gasteiger partial charge is 0.310 e. The summed E-state index contributed by atoms with van der Waals surface area (Å²) >= 11 is 0. The van der Waals surface area contributed by atoms with Gasteiger partial charge in [-0.2, -0.15) is 0 Å². The van der Waals surface area contributed by atoms with E-state index in [9.17, 15) is 0 Å². The van der Waals surface area contributed by atoms with Gasteiger partial charge in [0, 0.05) is 44.4 Å². The van der Waals surface area contributed by atoms with Crippen molar-refractivity contribution >= 4 is 98.8 Å². The van der Waals surface area contributed by atoms with Crippen molar-refractivity contribution < 1.29 is 0 Å². The van der Waals surface area contributed by atoms with Gasteiger partial charge in [-0.15, -0.1) is 0 Å². The smallest absolute Gasteiger partial charge is 0.0546 e. The molecule has 0 unspecified atom stereocenters. The molecule has 350 valence electrons. The van der Waals surface area contributed by atoms with Crippen LogP contribution in [-0.4, -0.2) is 0 Å². The highest BCUT2D eigenvalue weighted by Crippen LogP contribution is 2.61. The molecule has 0 aliphatic heterocycles. The lowest BCUT2D eigenvalue weighted by Crippen LogP contribution is -2.18. The predicted octanol–water partition coefficient (Wildman–Crippen LogP) is 20.2. The van der Waals surface area contributed by atoms with Crippen LogP contribution in [0, 0.1) is 0 Å². The van der Waals surface area contributed by atoms with Crippen molar-refractivity contribution in [2.45, 2.75) is 38.5 Å². The molecule has 0 atom stereocenters. The summed E-state index contributed by atoms with van der Waals surface area (Å²) in [6.07, 6.45) is 0. The molecule has 0 fully saturated rings. The SMILES string of the molecule is CC1(C)c2cc3c(cc2-c2cc(N(c4ccc5ccccc5c4)c4ccc5ccccc5c4)c4ccccc4c21)C(C)(C)c1c-3cc(N(c2ccc3ccccc3c2)c2ccc3ccccc3c2)c2ccccc12. The fourth-order valence-electron chi connectivity index (χ4n) is 13.3. The van der Waals surface area contributed by atoms with E-state index in [0.29, 0.717) is 0 Å². The van der Waals surface area contributed by atoms with E-state index in [1.54, 1.807) is 0 Å². The van der Waals surface area contributed by atoms with Crippen molar-refractivity contribution in [3.05, 3.63) is 265 Å². The zero-order valence-corrected chi connectivity index (χ0v) is 42.0. The average molecular weight is 945 g/mol. The molecule has 15 rings (SSSR count). The molecule has 74 heavy (non-hydrogen) atoms. The Labute approximate surface area is 432 Å². The maximum Gasteiger partial charge on any atom is 0.0546 e. The van der Waals surface area contributed by atoms with Gasteiger partial charge in [0.25, 0.3) is 0 Å². The summed E-state index contributed by atoms with van der Waals surface area (Å²) in [6.45, 7) is 9.81. The van der Waals surface area contributed by atoms with E-state index in [1.807, 2.05) is 0 Å². The van der Waals surface area contributed by atoms with Crippen LogP contribution in [0.4, 0.5) is 34.1 Å². The Hall–Kier alpha value is -8.98. The van der Waals surface area contributed by atoms with Crippen LogP contribution in [0.25, 0.3) is 86.9 Å². The van der Waals surface area contributed by atoms with Gasteiger partial charge in [0.15, 0.2) is 0 Å². The summed E-state index contributed by atoms with van der Waals surface area (Å²) in [6, 6.07) is 91.0. The van der Waals surface area contributed by atoms with Gasteiger partial charge in [0.2, 0.25) is 0 Å². The lowest BCUT2D eigenvalue weighted by Gasteiger charge is -2.30. The van der Waals surface area contributed by atoms with Gasteiger partial charge in [-0.1, -0.05) is 198 Å². The van der Waals surface area contributed by atoms with Crippen molar-refractivity contribution in [1.82, 2.24) is 0 Å². The Bertz CT molecular complexity index is 4070. The summed E-state index contributed by atoms with van der Waals surface area (Å²) in [4.78, 5) is 5.01. The number of hydrogen-bond acceptors (Lipinski definition) is 2. The molecule has 0 heterocycles. The number of anilines is 6. The summed E-state index contributed by atoms with van der Waals surface area (Å²) < 4.78 is 0. The van der Waals surface area contributed by atoms with Gasteiger partial charge in [-0.3, -0.25) is 0 Å². The molecule has 0 saturated carbocycles. The van der Waals surface area contributed by atoms with Crippen molar-refractivity contribution in [3.63, 3.8) is 0 Å². The van der Waals surface area contributed by atoms with Crippen molar-refractivity contribution in [2.75, 3.05) is 9.80 Å². The first-order valence-electron chi connectivity index (χ1n) is 26.1. The van der Waals surface area contributed by atoms with Gasteiger partial charge in [-0.05, 0) is 171 Å². The molecule has 2 heteroatoms. The molecule has 0 spiro atoms. The van der Waals surface area contributed by atoms with Crippen LogP contribution < -0.4 is 9.80 Å².